The number of hydrogen-bond acceptors (Lipinski definition) is 6. The molecule has 8 heteroatoms. The summed E-state index contributed by atoms with van der Waals surface area (Å²) in [6, 6.07) is 5.20. The summed E-state index contributed by atoms with van der Waals surface area (Å²) in [4.78, 5) is 40.4. The Bertz CT molecular complexity index is 874. The molecule has 8 nitrogen and oxygen atoms in total. The maximum Gasteiger partial charge on any atom is 0.255 e. The van der Waals surface area contributed by atoms with E-state index in [1.807, 2.05) is 22.8 Å². The van der Waals surface area contributed by atoms with E-state index in [2.05, 4.69) is 15.0 Å². The first-order valence-electron chi connectivity index (χ1n) is 9.26. The Hall–Kier alpha value is -2.74. The zero-order valence-electron chi connectivity index (χ0n) is 15.4. The number of ether oxygens (including phenoxy) is 1. The van der Waals surface area contributed by atoms with Gasteiger partial charge >= 0.3 is 0 Å². The van der Waals surface area contributed by atoms with Gasteiger partial charge < -0.3 is 14.5 Å². The van der Waals surface area contributed by atoms with Crippen LogP contribution < -0.4 is 10.5 Å². The molecule has 0 saturated carbocycles. The molecule has 142 valence electrons. The average molecular weight is 369 g/mol. The minimum Gasteiger partial charge on any atom is -0.378 e. The normalized spacial score (nSPS) is 20.1. The molecule has 2 aliphatic rings. The van der Waals surface area contributed by atoms with Gasteiger partial charge in [-0.3, -0.25) is 19.6 Å². The Labute approximate surface area is 157 Å². The molecule has 0 unspecified atom stereocenters. The van der Waals surface area contributed by atoms with E-state index in [1.165, 1.54) is 0 Å². The molecule has 1 atom stereocenters. The first-order chi connectivity index (χ1) is 13.1. The number of likely N-dealkylation sites (tertiary alicyclic amines) is 1. The van der Waals surface area contributed by atoms with Crippen molar-refractivity contribution in [3.8, 4) is 0 Å². The van der Waals surface area contributed by atoms with Crippen molar-refractivity contribution < 1.29 is 9.53 Å². The number of hydrogen-bond donors (Lipinski definition) is 1. The quantitative estimate of drug-likeness (QED) is 0.866. The molecular weight excluding hydrogens is 346 g/mol. The van der Waals surface area contributed by atoms with Gasteiger partial charge in [-0.15, -0.1) is 0 Å². The highest BCUT2D eigenvalue weighted by Gasteiger charge is 2.30. The molecule has 0 aliphatic carbocycles. The minimum atomic E-state index is -0.158. The van der Waals surface area contributed by atoms with Crippen LogP contribution >= 0.6 is 0 Å². The number of aryl methyl sites for hydroxylation is 1. The number of morpholine rings is 1. The number of pyridine rings is 1. The highest BCUT2D eigenvalue weighted by atomic mass is 16.5. The summed E-state index contributed by atoms with van der Waals surface area (Å²) in [5.41, 5.74) is 2.06. The second-order valence-electron chi connectivity index (χ2n) is 7.02. The van der Waals surface area contributed by atoms with Crippen LogP contribution in [0.1, 0.15) is 34.1 Å². The zero-order chi connectivity index (χ0) is 18.8. The first kappa shape index (κ1) is 17.7. The molecule has 2 fully saturated rings. The molecule has 2 aliphatic heterocycles. The molecule has 1 amide bonds. The van der Waals surface area contributed by atoms with Gasteiger partial charge in [0, 0.05) is 50.1 Å². The fourth-order valence-electron chi connectivity index (χ4n) is 3.56. The standard InChI is InChI=1S/C19H23N5O3/c1-13-2-3-14(11-20-13)18(26)24-5-4-15(12-24)16-10-17(25)22-19(21-16)23-6-8-27-9-7-23/h2-3,10-11,15H,4-9,12H2,1H3,(H,21,22,25)/t15-/m0/s1. The molecule has 0 spiro atoms. The van der Waals surface area contributed by atoms with Crippen molar-refractivity contribution in [3.63, 3.8) is 0 Å². The van der Waals surface area contributed by atoms with Crippen molar-refractivity contribution in [2.75, 3.05) is 44.3 Å². The van der Waals surface area contributed by atoms with Gasteiger partial charge in [0.25, 0.3) is 11.5 Å². The van der Waals surface area contributed by atoms with Crippen molar-refractivity contribution in [3.05, 3.63) is 51.7 Å². The minimum absolute atomic E-state index is 0.0248. The largest absolute Gasteiger partial charge is 0.378 e. The van der Waals surface area contributed by atoms with Gasteiger partial charge in [0.2, 0.25) is 5.95 Å². The molecule has 2 saturated heterocycles. The number of amides is 1. The van der Waals surface area contributed by atoms with Crippen LogP contribution in [0.15, 0.2) is 29.2 Å². The number of aromatic amines is 1. The van der Waals surface area contributed by atoms with Crippen LogP contribution in [-0.4, -0.2) is 65.2 Å². The second kappa shape index (κ2) is 7.48. The fourth-order valence-corrected chi connectivity index (χ4v) is 3.56. The summed E-state index contributed by atoms with van der Waals surface area (Å²) in [6.45, 7) is 5.79. The van der Waals surface area contributed by atoms with E-state index in [0.717, 1.165) is 17.8 Å². The number of nitrogens with one attached hydrogen (secondary N) is 1. The van der Waals surface area contributed by atoms with Crippen LogP contribution in [0.5, 0.6) is 0 Å². The maximum atomic E-state index is 12.7. The molecule has 4 rings (SSSR count). The van der Waals surface area contributed by atoms with Crippen molar-refractivity contribution in [2.45, 2.75) is 19.3 Å². The predicted octanol–water partition coefficient (Wildman–Crippen LogP) is 0.940. The van der Waals surface area contributed by atoms with Crippen LogP contribution in [0.4, 0.5) is 5.95 Å². The Balaban J connectivity index is 1.50. The summed E-state index contributed by atoms with van der Waals surface area (Å²) in [7, 11) is 0. The van der Waals surface area contributed by atoms with E-state index in [0.29, 0.717) is 50.9 Å². The van der Waals surface area contributed by atoms with Crippen LogP contribution in [0.2, 0.25) is 0 Å². The number of nitrogens with zero attached hydrogens (tertiary/aromatic N) is 4. The lowest BCUT2D eigenvalue weighted by atomic mass is 10.0. The molecule has 4 heterocycles. The van der Waals surface area contributed by atoms with E-state index < -0.39 is 0 Å². The lowest BCUT2D eigenvalue weighted by Gasteiger charge is -2.27. The second-order valence-corrected chi connectivity index (χ2v) is 7.02. The lowest BCUT2D eigenvalue weighted by Crippen LogP contribution is -2.38. The Morgan fingerprint density at radius 2 is 2.07 bits per heavy atom. The Morgan fingerprint density at radius 1 is 1.26 bits per heavy atom. The first-order valence-corrected chi connectivity index (χ1v) is 9.26. The van der Waals surface area contributed by atoms with Crippen molar-refractivity contribution in [2.24, 2.45) is 0 Å². The molecule has 0 radical (unpaired) electrons. The van der Waals surface area contributed by atoms with Crippen molar-refractivity contribution >= 4 is 11.9 Å². The van der Waals surface area contributed by atoms with Gasteiger partial charge in [0.1, 0.15) is 0 Å². The number of rotatable bonds is 3. The highest BCUT2D eigenvalue weighted by molar-refractivity contribution is 5.94. The van der Waals surface area contributed by atoms with E-state index in [4.69, 9.17) is 4.74 Å². The van der Waals surface area contributed by atoms with Gasteiger partial charge in [-0.1, -0.05) is 0 Å². The van der Waals surface area contributed by atoms with E-state index >= 15 is 0 Å². The van der Waals surface area contributed by atoms with E-state index in [9.17, 15) is 9.59 Å². The van der Waals surface area contributed by atoms with Crippen LogP contribution in [0, 0.1) is 6.92 Å². The smallest absolute Gasteiger partial charge is 0.255 e. The van der Waals surface area contributed by atoms with Crippen LogP contribution in [0.25, 0.3) is 0 Å². The third kappa shape index (κ3) is 3.85. The molecular formula is C19H23N5O3. The molecule has 1 N–H and O–H groups in total. The van der Waals surface area contributed by atoms with Crippen LogP contribution in [0.3, 0.4) is 0 Å². The number of aromatic nitrogens is 3. The van der Waals surface area contributed by atoms with Crippen molar-refractivity contribution in [1.82, 2.24) is 19.9 Å². The zero-order valence-corrected chi connectivity index (χ0v) is 15.4. The highest BCUT2D eigenvalue weighted by Crippen LogP contribution is 2.27. The molecule has 0 aromatic carbocycles. The SMILES string of the molecule is Cc1ccc(C(=O)N2CC[C@H](c3cc(=O)[nH]c(N4CCOCC4)n3)C2)cn1. The molecule has 27 heavy (non-hydrogen) atoms. The topological polar surface area (TPSA) is 91.4 Å². The monoisotopic (exact) mass is 369 g/mol. The fraction of sp³-hybridized carbons (Fsp3) is 0.474. The van der Waals surface area contributed by atoms with Gasteiger partial charge in [-0.2, -0.15) is 0 Å². The summed E-state index contributed by atoms with van der Waals surface area (Å²) in [6.07, 6.45) is 2.41. The Kier molecular flexibility index (Phi) is 4.89. The van der Waals surface area contributed by atoms with Gasteiger partial charge in [-0.25, -0.2) is 4.98 Å². The van der Waals surface area contributed by atoms with Crippen molar-refractivity contribution in [1.29, 1.82) is 0 Å². The summed E-state index contributed by atoms with van der Waals surface area (Å²) < 4.78 is 5.36. The molecule has 2 aromatic heterocycles. The van der Waals surface area contributed by atoms with Gasteiger partial charge in [-0.05, 0) is 25.5 Å². The average Bonchev–Trinajstić information content (AvgIpc) is 3.18. The third-order valence-corrected chi connectivity index (χ3v) is 5.11. The summed E-state index contributed by atoms with van der Waals surface area (Å²) >= 11 is 0. The number of carbonyl (C=O) groups excluding carboxylic acids is 1. The lowest BCUT2D eigenvalue weighted by molar-refractivity contribution is 0.0790. The van der Waals surface area contributed by atoms with E-state index in [-0.39, 0.29) is 17.4 Å². The summed E-state index contributed by atoms with van der Waals surface area (Å²) in [5, 5.41) is 0. The number of carbonyl (C=O) groups is 1. The van der Waals surface area contributed by atoms with Crippen LogP contribution in [-0.2, 0) is 4.74 Å². The van der Waals surface area contributed by atoms with Gasteiger partial charge in [0.15, 0.2) is 0 Å². The molecule has 0 bridgehead atoms. The third-order valence-electron chi connectivity index (χ3n) is 5.11. The molecule has 2 aromatic rings. The Morgan fingerprint density at radius 3 is 2.81 bits per heavy atom. The number of H-pyrrole nitrogens is 1. The predicted molar refractivity (Wildman–Crippen MR) is 100 cm³/mol. The van der Waals surface area contributed by atoms with E-state index in [1.54, 1.807) is 18.3 Å². The number of anilines is 1. The van der Waals surface area contributed by atoms with Gasteiger partial charge in [0.05, 0.1) is 24.5 Å². The summed E-state index contributed by atoms with van der Waals surface area (Å²) in [5.74, 6) is 0.631. The maximum absolute atomic E-state index is 12.7.